The molecule has 0 fully saturated rings. The summed E-state index contributed by atoms with van der Waals surface area (Å²) in [4.78, 5) is 41.0. The molecule has 0 spiro atoms. The van der Waals surface area contributed by atoms with Gasteiger partial charge in [-0.1, -0.05) is 0 Å². The van der Waals surface area contributed by atoms with E-state index in [-0.39, 0.29) is 28.8 Å². The lowest BCUT2D eigenvalue weighted by Gasteiger charge is -1.99. The number of H-pyrrole nitrogens is 3. The first kappa shape index (κ1) is 14.6. The van der Waals surface area contributed by atoms with Gasteiger partial charge in [0.25, 0.3) is 5.56 Å². The third-order valence-electron chi connectivity index (χ3n) is 2.04. The monoisotopic (exact) mass is 283 g/mol. The molecule has 0 amide bonds. The van der Waals surface area contributed by atoms with Crippen molar-refractivity contribution in [3.05, 3.63) is 31.3 Å². The molecule has 13 N–H and O–H groups in total. The normalized spacial score (nSPS) is 9.60. The quantitative estimate of drug-likeness (QED) is 0.241. The number of hydrogen-bond donors (Lipinski definition) is 8. The SMILES string of the molecule is Nc1[nH]c(=O)[nH]c(=O)c1N.Nc1nc(=O)[nH]c(N)c1N. The second-order valence-electron chi connectivity index (χ2n) is 3.49. The zero-order valence-corrected chi connectivity index (χ0v) is 10.1. The molecule has 0 aliphatic rings. The third kappa shape index (κ3) is 3.28. The van der Waals surface area contributed by atoms with Gasteiger partial charge in [-0.05, 0) is 0 Å². The maximum absolute atomic E-state index is 10.6. The number of rotatable bonds is 0. The average Bonchev–Trinajstić information content (AvgIpc) is 2.33. The second kappa shape index (κ2) is 5.47. The van der Waals surface area contributed by atoms with Crippen molar-refractivity contribution in [3.8, 4) is 0 Å². The summed E-state index contributed by atoms with van der Waals surface area (Å²) in [6.07, 6.45) is 0. The fourth-order valence-electron chi connectivity index (χ4n) is 1.03. The molecular formula is C8H13N9O3. The number of aromatic amines is 3. The molecule has 0 saturated heterocycles. The zero-order chi connectivity index (χ0) is 15.4. The molecule has 0 unspecified atom stereocenters. The molecule has 0 atom stereocenters. The largest absolute Gasteiger partial charge is 0.393 e. The number of hydrogen-bond acceptors (Lipinski definition) is 9. The van der Waals surface area contributed by atoms with Crippen LogP contribution >= 0.6 is 0 Å². The van der Waals surface area contributed by atoms with Crippen molar-refractivity contribution in [2.24, 2.45) is 0 Å². The zero-order valence-electron chi connectivity index (χ0n) is 10.1. The minimum atomic E-state index is -0.666. The van der Waals surface area contributed by atoms with Crippen LogP contribution in [0.4, 0.5) is 28.8 Å². The standard InChI is InChI=1S/C4H7N5O.C4H6N4O2/c5-1-2(6)8-4(10)9-3(1)7;5-1-2(6)7-4(10)8-3(1)9/h5H2,(H5,6,7,8,9,10);5H2,(H4,6,7,8,9,10). The molecule has 0 aromatic carbocycles. The van der Waals surface area contributed by atoms with Gasteiger partial charge in [0.1, 0.15) is 23.0 Å². The Morgan fingerprint density at radius 1 is 0.750 bits per heavy atom. The van der Waals surface area contributed by atoms with Crippen molar-refractivity contribution in [1.82, 2.24) is 19.9 Å². The topological polar surface area (TPSA) is 242 Å². The number of anilines is 5. The minimum Gasteiger partial charge on any atom is -0.393 e. The smallest absolute Gasteiger partial charge is 0.348 e. The van der Waals surface area contributed by atoms with Crippen LogP contribution in [0.1, 0.15) is 0 Å². The first-order valence-electron chi connectivity index (χ1n) is 5.00. The van der Waals surface area contributed by atoms with Gasteiger partial charge >= 0.3 is 11.4 Å². The van der Waals surface area contributed by atoms with Gasteiger partial charge in [0.15, 0.2) is 5.82 Å². The highest BCUT2D eigenvalue weighted by Crippen LogP contribution is 2.12. The average molecular weight is 283 g/mol. The molecule has 0 aliphatic carbocycles. The van der Waals surface area contributed by atoms with Gasteiger partial charge in [-0.3, -0.25) is 19.7 Å². The van der Waals surface area contributed by atoms with E-state index in [2.05, 4.69) is 15.0 Å². The Bertz CT molecular complexity index is 761. The van der Waals surface area contributed by atoms with Crippen LogP contribution in [0.5, 0.6) is 0 Å². The molecule has 12 nitrogen and oxygen atoms in total. The van der Waals surface area contributed by atoms with E-state index in [1.54, 1.807) is 0 Å². The number of nitrogens with zero attached hydrogens (tertiary/aromatic N) is 1. The summed E-state index contributed by atoms with van der Waals surface area (Å²) >= 11 is 0. The Labute approximate surface area is 110 Å². The Hall–Kier alpha value is -3.44. The predicted octanol–water partition coefficient (Wildman–Crippen LogP) is -3.26. The van der Waals surface area contributed by atoms with Crippen LogP contribution in [0.3, 0.4) is 0 Å². The second-order valence-corrected chi connectivity index (χ2v) is 3.49. The summed E-state index contributed by atoms with van der Waals surface area (Å²) in [7, 11) is 0. The van der Waals surface area contributed by atoms with E-state index < -0.39 is 16.9 Å². The Morgan fingerprint density at radius 3 is 1.80 bits per heavy atom. The first-order chi connectivity index (χ1) is 9.22. The molecule has 108 valence electrons. The highest BCUT2D eigenvalue weighted by Gasteiger charge is 2.00. The highest BCUT2D eigenvalue weighted by molar-refractivity contribution is 5.69. The summed E-state index contributed by atoms with van der Waals surface area (Å²) < 4.78 is 0. The number of nitrogen functional groups attached to an aromatic ring is 5. The van der Waals surface area contributed by atoms with Crippen molar-refractivity contribution >= 4 is 28.8 Å². The molecule has 0 saturated carbocycles. The van der Waals surface area contributed by atoms with Gasteiger partial charge in [0, 0.05) is 0 Å². The molecule has 0 aliphatic heterocycles. The van der Waals surface area contributed by atoms with E-state index >= 15 is 0 Å². The molecule has 2 heterocycles. The van der Waals surface area contributed by atoms with E-state index in [4.69, 9.17) is 28.7 Å². The third-order valence-corrected chi connectivity index (χ3v) is 2.04. The Kier molecular flexibility index (Phi) is 4.00. The van der Waals surface area contributed by atoms with Crippen LogP contribution in [0.25, 0.3) is 0 Å². The van der Waals surface area contributed by atoms with Gasteiger partial charge in [0.05, 0.1) is 0 Å². The predicted molar refractivity (Wildman–Crippen MR) is 74.6 cm³/mol. The van der Waals surface area contributed by atoms with E-state index in [0.717, 1.165) is 0 Å². The van der Waals surface area contributed by atoms with Crippen LogP contribution in [0, 0.1) is 0 Å². The van der Waals surface area contributed by atoms with Gasteiger partial charge in [-0.15, -0.1) is 0 Å². The first-order valence-corrected chi connectivity index (χ1v) is 5.00. The lowest BCUT2D eigenvalue weighted by atomic mass is 10.4. The van der Waals surface area contributed by atoms with Crippen molar-refractivity contribution in [3.63, 3.8) is 0 Å². The maximum Gasteiger partial charge on any atom is 0.348 e. The maximum atomic E-state index is 10.6. The van der Waals surface area contributed by atoms with E-state index in [9.17, 15) is 14.4 Å². The summed E-state index contributed by atoms with van der Waals surface area (Å²) in [5.41, 5.74) is 23.9. The van der Waals surface area contributed by atoms with Crippen molar-refractivity contribution < 1.29 is 0 Å². The molecule has 20 heavy (non-hydrogen) atoms. The Morgan fingerprint density at radius 2 is 1.30 bits per heavy atom. The minimum absolute atomic E-state index is 0.0405. The molecule has 0 bridgehead atoms. The summed E-state index contributed by atoms with van der Waals surface area (Å²) in [6, 6.07) is 0. The van der Waals surface area contributed by atoms with Gasteiger partial charge in [0.2, 0.25) is 0 Å². The fourth-order valence-corrected chi connectivity index (χ4v) is 1.03. The summed E-state index contributed by atoms with van der Waals surface area (Å²) in [6.45, 7) is 0. The van der Waals surface area contributed by atoms with Crippen LogP contribution in [-0.4, -0.2) is 19.9 Å². The van der Waals surface area contributed by atoms with E-state index in [1.165, 1.54) is 0 Å². The molecule has 2 rings (SSSR count). The van der Waals surface area contributed by atoms with Gasteiger partial charge in [-0.2, -0.15) is 4.98 Å². The van der Waals surface area contributed by atoms with Crippen molar-refractivity contribution in [1.29, 1.82) is 0 Å². The lowest BCUT2D eigenvalue weighted by molar-refractivity contribution is 1.05. The van der Waals surface area contributed by atoms with Crippen LogP contribution in [0.2, 0.25) is 0 Å². The van der Waals surface area contributed by atoms with E-state index in [1.807, 2.05) is 4.98 Å². The number of nitrogens with two attached hydrogens (primary N) is 5. The van der Waals surface area contributed by atoms with Gasteiger partial charge in [-0.25, -0.2) is 9.59 Å². The number of nitrogens with one attached hydrogen (secondary N) is 3. The molecular weight excluding hydrogens is 270 g/mol. The fraction of sp³-hybridized carbons (Fsp3) is 0. The lowest BCUT2D eigenvalue weighted by Crippen LogP contribution is -2.26. The molecule has 2 aromatic heterocycles. The Balaban J connectivity index is 0.000000200. The number of aromatic nitrogens is 4. The van der Waals surface area contributed by atoms with E-state index in [0.29, 0.717) is 0 Å². The van der Waals surface area contributed by atoms with Crippen molar-refractivity contribution in [2.45, 2.75) is 0 Å². The summed E-state index contributed by atoms with van der Waals surface area (Å²) in [5, 5.41) is 0. The summed E-state index contributed by atoms with van der Waals surface area (Å²) in [5.74, 6) is -0.0903. The molecule has 12 heteroatoms. The van der Waals surface area contributed by atoms with Crippen LogP contribution in [-0.2, 0) is 0 Å². The van der Waals surface area contributed by atoms with Crippen molar-refractivity contribution in [2.75, 3.05) is 28.7 Å². The van der Waals surface area contributed by atoms with Gasteiger partial charge < -0.3 is 28.7 Å². The highest BCUT2D eigenvalue weighted by atomic mass is 16.2. The molecule has 0 radical (unpaired) electrons. The van der Waals surface area contributed by atoms with Crippen LogP contribution in [0.15, 0.2) is 14.4 Å². The molecule has 2 aromatic rings. The van der Waals surface area contributed by atoms with Crippen LogP contribution < -0.4 is 45.6 Å².